The molecule has 0 saturated heterocycles. The molecule has 0 aliphatic rings. The first-order chi connectivity index (χ1) is 10.6. The lowest BCUT2D eigenvalue weighted by molar-refractivity contribution is -0.146. The molecule has 0 fully saturated rings. The van der Waals surface area contributed by atoms with E-state index < -0.39 is 11.4 Å². The quantitative estimate of drug-likeness (QED) is 0.643. The molecule has 0 spiro atoms. The first kappa shape index (κ1) is 18.5. The summed E-state index contributed by atoms with van der Waals surface area (Å²) in [5.74, 6) is -1.34. The number of hydrogen-bond donors (Lipinski definition) is 4. The zero-order chi connectivity index (χ0) is 17.6. The summed E-state index contributed by atoms with van der Waals surface area (Å²) in [6.45, 7) is 6.81. The fourth-order valence-corrected chi connectivity index (χ4v) is 1.61. The van der Waals surface area contributed by atoms with Gasteiger partial charge in [0.25, 0.3) is 5.91 Å². The number of anilines is 1. The van der Waals surface area contributed by atoms with Crippen LogP contribution in [-0.2, 0) is 4.79 Å². The summed E-state index contributed by atoms with van der Waals surface area (Å²) in [7, 11) is 0. The lowest BCUT2D eigenvalue weighted by atomic mass is 9.94. The van der Waals surface area contributed by atoms with E-state index in [9.17, 15) is 14.4 Å². The van der Waals surface area contributed by atoms with Gasteiger partial charge < -0.3 is 21.1 Å². The molecule has 7 heteroatoms. The third-order valence-electron chi connectivity index (χ3n) is 3.09. The topological polar surface area (TPSA) is 108 Å². The fraction of sp³-hybridized carbons (Fsp3) is 0.438. The van der Waals surface area contributed by atoms with Crippen LogP contribution >= 0.6 is 0 Å². The Morgan fingerprint density at radius 3 is 2.17 bits per heavy atom. The highest BCUT2D eigenvalue weighted by Crippen LogP contribution is 2.14. The molecule has 7 nitrogen and oxygen atoms in total. The molecule has 23 heavy (non-hydrogen) atoms. The van der Waals surface area contributed by atoms with E-state index in [2.05, 4.69) is 16.0 Å². The Morgan fingerprint density at radius 2 is 1.70 bits per heavy atom. The highest BCUT2D eigenvalue weighted by molar-refractivity contribution is 5.95. The van der Waals surface area contributed by atoms with Gasteiger partial charge in [-0.15, -0.1) is 0 Å². The van der Waals surface area contributed by atoms with Crippen LogP contribution in [0.2, 0.25) is 0 Å². The zero-order valence-corrected chi connectivity index (χ0v) is 13.8. The van der Waals surface area contributed by atoms with E-state index in [0.29, 0.717) is 11.3 Å². The summed E-state index contributed by atoms with van der Waals surface area (Å²) in [4.78, 5) is 34.5. The second-order valence-corrected chi connectivity index (χ2v) is 6.20. The number of carbonyl (C=O) groups is 3. The van der Waals surface area contributed by atoms with Gasteiger partial charge in [0.1, 0.15) is 0 Å². The van der Waals surface area contributed by atoms with Gasteiger partial charge in [-0.05, 0) is 52.0 Å². The van der Waals surface area contributed by atoms with Gasteiger partial charge in [0, 0.05) is 23.8 Å². The minimum absolute atomic E-state index is 0.0256. The maximum Gasteiger partial charge on any atom is 0.319 e. The molecule has 0 aliphatic carbocycles. The molecule has 3 amide bonds. The van der Waals surface area contributed by atoms with Gasteiger partial charge in [-0.3, -0.25) is 9.59 Å². The number of urea groups is 1. The molecule has 126 valence electrons. The first-order valence-electron chi connectivity index (χ1n) is 7.31. The molecule has 0 saturated carbocycles. The molecule has 0 aromatic heterocycles. The van der Waals surface area contributed by atoms with Gasteiger partial charge in [-0.2, -0.15) is 0 Å². The van der Waals surface area contributed by atoms with E-state index in [1.54, 1.807) is 24.3 Å². The normalized spacial score (nSPS) is 11.0. The number of nitrogens with one attached hydrogen (secondary N) is 3. The van der Waals surface area contributed by atoms with Crippen molar-refractivity contribution in [3.63, 3.8) is 0 Å². The Labute approximate surface area is 135 Å². The van der Waals surface area contributed by atoms with E-state index in [-0.39, 0.29) is 24.5 Å². The molecule has 1 aromatic rings. The highest BCUT2D eigenvalue weighted by Gasteiger charge is 2.27. The zero-order valence-electron chi connectivity index (χ0n) is 13.8. The molecule has 0 heterocycles. The minimum atomic E-state index is -1.04. The van der Waals surface area contributed by atoms with Crippen LogP contribution in [0.15, 0.2) is 24.3 Å². The first-order valence-corrected chi connectivity index (χ1v) is 7.31. The van der Waals surface area contributed by atoms with Crippen molar-refractivity contribution in [2.45, 2.75) is 33.7 Å². The standard InChI is InChI=1S/C16H23N3O4/c1-10(2)18-15(23)19-12-7-5-11(6-8-12)13(20)17-9-16(3,4)14(21)22/h5-8,10H,9H2,1-4H3,(H,17,20)(H,21,22)(H2,18,19,23). The maximum atomic E-state index is 12.0. The lowest BCUT2D eigenvalue weighted by Crippen LogP contribution is -2.38. The van der Waals surface area contributed by atoms with Gasteiger partial charge in [0.15, 0.2) is 0 Å². The predicted molar refractivity (Wildman–Crippen MR) is 87.5 cm³/mol. The van der Waals surface area contributed by atoms with E-state index in [1.807, 2.05) is 13.8 Å². The number of carboxylic acid groups (broad SMARTS) is 1. The molecule has 0 radical (unpaired) electrons. The van der Waals surface area contributed by atoms with Crippen LogP contribution in [0.3, 0.4) is 0 Å². The number of carbonyl (C=O) groups excluding carboxylic acids is 2. The lowest BCUT2D eigenvalue weighted by Gasteiger charge is -2.19. The Bertz CT molecular complexity index is 579. The second kappa shape index (κ2) is 7.62. The van der Waals surface area contributed by atoms with Crippen LogP contribution in [0.5, 0.6) is 0 Å². The third-order valence-corrected chi connectivity index (χ3v) is 3.09. The van der Waals surface area contributed by atoms with Crippen LogP contribution in [0, 0.1) is 5.41 Å². The van der Waals surface area contributed by atoms with Crippen molar-refractivity contribution < 1.29 is 19.5 Å². The van der Waals surface area contributed by atoms with E-state index in [1.165, 1.54) is 13.8 Å². The predicted octanol–water partition coefficient (Wildman–Crippen LogP) is 2.06. The van der Waals surface area contributed by atoms with Crippen molar-refractivity contribution in [2.75, 3.05) is 11.9 Å². The smallest absolute Gasteiger partial charge is 0.319 e. The number of amides is 3. The molecule has 0 bridgehead atoms. The van der Waals surface area contributed by atoms with E-state index in [0.717, 1.165) is 0 Å². The van der Waals surface area contributed by atoms with Gasteiger partial charge in [-0.25, -0.2) is 4.79 Å². The molecule has 4 N–H and O–H groups in total. The van der Waals surface area contributed by atoms with Crippen molar-refractivity contribution in [1.29, 1.82) is 0 Å². The number of rotatable bonds is 6. The summed E-state index contributed by atoms with van der Waals surface area (Å²) < 4.78 is 0. The average Bonchev–Trinajstić information content (AvgIpc) is 2.44. The minimum Gasteiger partial charge on any atom is -0.481 e. The Balaban J connectivity index is 2.61. The van der Waals surface area contributed by atoms with Gasteiger partial charge >= 0.3 is 12.0 Å². The summed E-state index contributed by atoms with van der Waals surface area (Å²) in [5, 5.41) is 16.9. The Morgan fingerprint density at radius 1 is 1.13 bits per heavy atom. The number of hydrogen-bond acceptors (Lipinski definition) is 3. The van der Waals surface area contributed by atoms with Gasteiger partial charge in [0.2, 0.25) is 0 Å². The van der Waals surface area contributed by atoms with Gasteiger partial charge in [0.05, 0.1) is 5.41 Å². The summed E-state index contributed by atoms with van der Waals surface area (Å²) in [6.07, 6.45) is 0. The number of aliphatic carboxylic acids is 1. The maximum absolute atomic E-state index is 12.0. The van der Waals surface area contributed by atoms with Crippen molar-refractivity contribution >= 4 is 23.6 Å². The van der Waals surface area contributed by atoms with Crippen LogP contribution in [0.1, 0.15) is 38.1 Å². The van der Waals surface area contributed by atoms with Crippen molar-refractivity contribution in [1.82, 2.24) is 10.6 Å². The van der Waals surface area contributed by atoms with Crippen LogP contribution in [-0.4, -0.2) is 35.6 Å². The molecular weight excluding hydrogens is 298 g/mol. The summed E-state index contributed by atoms with van der Waals surface area (Å²) in [5.41, 5.74) is -0.0851. The summed E-state index contributed by atoms with van der Waals surface area (Å²) >= 11 is 0. The van der Waals surface area contributed by atoms with Crippen LogP contribution in [0.25, 0.3) is 0 Å². The highest BCUT2D eigenvalue weighted by atomic mass is 16.4. The second-order valence-electron chi connectivity index (χ2n) is 6.20. The number of benzene rings is 1. The number of carboxylic acids is 1. The monoisotopic (exact) mass is 321 g/mol. The molecule has 1 rings (SSSR count). The largest absolute Gasteiger partial charge is 0.481 e. The molecule has 0 atom stereocenters. The van der Waals surface area contributed by atoms with Crippen molar-refractivity contribution in [3.8, 4) is 0 Å². The molecule has 0 aliphatic heterocycles. The molecule has 0 unspecified atom stereocenters. The SMILES string of the molecule is CC(C)NC(=O)Nc1ccc(C(=O)NCC(C)(C)C(=O)O)cc1. The Hall–Kier alpha value is -2.57. The molecular formula is C16H23N3O4. The van der Waals surface area contributed by atoms with E-state index in [4.69, 9.17) is 5.11 Å². The third kappa shape index (κ3) is 5.98. The Kier molecular flexibility index (Phi) is 6.12. The van der Waals surface area contributed by atoms with Crippen LogP contribution in [0.4, 0.5) is 10.5 Å². The van der Waals surface area contributed by atoms with Crippen molar-refractivity contribution in [2.24, 2.45) is 5.41 Å². The van der Waals surface area contributed by atoms with Crippen LogP contribution < -0.4 is 16.0 Å². The fourth-order valence-electron chi connectivity index (χ4n) is 1.61. The summed E-state index contributed by atoms with van der Waals surface area (Å²) in [6, 6.07) is 6.05. The average molecular weight is 321 g/mol. The van der Waals surface area contributed by atoms with E-state index >= 15 is 0 Å². The molecule has 1 aromatic carbocycles. The van der Waals surface area contributed by atoms with Crippen molar-refractivity contribution in [3.05, 3.63) is 29.8 Å². The van der Waals surface area contributed by atoms with Gasteiger partial charge in [-0.1, -0.05) is 0 Å².